The summed E-state index contributed by atoms with van der Waals surface area (Å²) in [6, 6.07) is 1.08. The van der Waals surface area contributed by atoms with Crippen LogP contribution >= 0.6 is 0 Å². The maximum Gasteiger partial charge on any atom is 0.306 e. The van der Waals surface area contributed by atoms with Crippen LogP contribution in [-0.2, 0) is 22.7 Å². The van der Waals surface area contributed by atoms with Gasteiger partial charge >= 0.3 is 5.97 Å². The van der Waals surface area contributed by atoms with E-state index in [9.17, 15) is 9.90 Å². The van der Waals surface area contributed by atoms with Gasteiger partial charge < -0.3 is 9.84 Å². The lowest BCUT2D eigenvalue weighted by Crippen LogP contribution is -2.23. The fraction of sp³-hybridized carbons (Fsp3) is 0.846. The third kappa shape index (κ3) is 6.81. The number of carboxylic acids is 1. The van der Waals surface area contributed by atoms with Gasteiger partial charge in [-0.05, 0) is 22.9 Å². The van der Waals surface area contributed by atoms with Gasteiger partial charge in [0, 0.05) is 21.1 Å². The number of hydrogen-bond acceptors (Lipinski definition) is 5. The average molecular weight is 314 g/mol. The van der Waals surface area contributed by atoms with Crippen molar-refractivity contribution in [2.24, 2.45) is 5.92 Å². The monoisotopic (exact) mass is 314 g/mol. The first-order chi connectivity index (χ1) is 9.83. The fourth-order valence-electron chi connectivity index (χ4n) is 1.88. The smallest absolute Gasteiger partial charge is 0.306 e. The molecule has 0 saturated carbocycles. The summed E-state index contributed by atoms with van der Waals surface area (Å²) >= 11 is 0. The van der Waals surface area contributed by atoms with Crippen LogP contribution in [0.2, 0.25) is 25.7 Å². The lowest BCUT2D eigenvalue weighted by molar-refractivity contribution is -0.142. The molecule has 120 valence electrons. The summed E-state index contributed by atoms with van der Waals surface area (Å²) in [6.45, 7) is 9.82. The van der Waals surface area contributed by atoms with Crippen molar-refractivity contribution < 1.29 is 14.6 Å². The zero-order valence-corrected chi connectivity index (χ0v) is 14.4. The highest BCUT2D eigenvalue weighted by molar-refractivity contribution is 6.76. The van der Waals surface area contributed by atoms with E-state index in [0.29, 0.717) is 25.3 Å². The molecular formula is C13H26N4O3Si. The summed E-state index contributed by atoms with van der Waals surface area (Å²) in [7, 11) is -1.11. The van der Waals surface area contributed by atoms with Gasteiger partial charge in [0.1, 0.15) is 6.73 Å². The van der Waals surface area contributed by atoms with Crippen LogP contribution in [0.1, 0.15) is 25.6 Å². The van der Waals surface area contributed by atoms with E-state index < -0.39 is 20.0 Å². The van der Waals surface area contributed by atoms with Crippen molar-refractivity contribution in [3.63, 3.8) is 0 Å². The largest absolute Gasteiger partial charge is 0.481 e. The zero-order valence-electron chi connectivity index (χ0n) is 13.4. The molecule has 0 amide bonds. The van der Waals surface area contributed by atoms with Gasteiger partial charge in [-0.3, -0.25) is 4.79 Å². The SMILES string of the molecule is CCCC(Cc1nnnn1COCC[Si](C)(C)C)C(=O)O. The van der Waals surface area contributed by atoms with E-state index >= 15 is 0 Å². The second kappa shape index (κ2) is 8.23. The number of aromatic nitrogens is 4. The standard InChI is InChI=1S/C13H26N4O3Si/c1-5-6-11(13(18)19)9-12-14-15-16-17(12)10-20-7-8-21(2,3)4/h11H,5-10H2,1-4H3,(H,18,19). The minimum Gasteiger partial charge on any atom is -0.481 e. The lowest BCUT2D eigenvalue weighted by atomic mass is 10.00. The number of hydrogen-bond donors (Lipinski definition) is 1. The van der Waals surface area contributed by atoms with E-state index in [1.165, 1.54) is 0 Å². The Morgan fingerprint density at radius 2 is 2.14 bits per heavy atom. The number of nitrogens with zero attached hydrogens (tertiary/aromatic N) is 4. The maximum atomic E-state index is 11.2. The quantitative estimate of drug-likeness (QED) is 0.525. The molecule has 0 saturated heterocycles. The molecule has 0 aliphatic heterocycles. The van der Waals surface area contributed by atoms with Gasteiger partial charge in [-0.2, -0.15) is 0 Å². The Balaban J connectivity index is 2.51. The predicted octanol–water partition coefficient (Wildman–Crippen LogP) is 2.03. The van der Waals surface area contributed by atoms with Gasteiger partial charge in [-0.1, -0.05) is 33.0 Å². The highest BCUT2D eigenvalue weighted by Gasteiger charge is 2.20. The molecular weight excluding hydrogens is 288 g/mol. The van der Waals surface area contributed by atoms with Crippen LogP contribution in [0, 0.1) is 5.92 Å². The van der Waals surface area contributed by atoms with E-state index in [4.69, 9.17) is 4.74 Å². The molecule has 1 aromatic rings. The van der Waals surface area contributed by atoms with Gasteiger partial charge in [0.2, 0.25) is 0 Å². The second-order valence-electron chi connectivity index (χ2n) is 6.47. The van der Waals surface area contributed by atoms with Crippen LogP contribution in [0.25, 0.3) is 0 Å². The molecule has 1 rings (SSSR count). The Morgan fingerprint density at radius 3 is 2.71 bits per heavy atom. The molecule has 1 heterocycles. The van der Waals surface area contributed by atoms with Crippen molar-refractivity contribution in [2.75, 3.05) is 6.61 Å². The molecule has 7 nitrogen and oxygen atoms in total. The topological polar surface area (TPSA) is 90.1 Å². The van der Waals surface area contributed by atoms with Crippen LogP contribution in [0.3, 0.4) is 0 Å². The van der Waals surface area contributed by atoms with E-state index in [1.807, 2.05) is 6.92 Å². The van der Waals surface area contributed by atoms with Crippen LogP contribution < -0.4 is 0 Å². The van der Waals surface area contributed by atoms with Gasteiger partial charge in [-0.25, -0.2) is 4.68 Å². The first-order valence-corrected chi connectivity index (χ1v) is 11.1. The molecule has 1 atom stereocenters. The summed E-state index contributed by atoms with van der Waals surface area (Å²) in [5, 5.41) is 20.6. The van der Waals surface area contributed by atoms with Gasteiger partial charge in [0.15, 0.2) is 5.82 Å². The lowest BCUT2D eigenvalue weighted by Gasteiger charge is -2.15. The number of rotatable bonds is 10. The fourth-order valence-corrected chi connectivity index (χ4v) is 2.64. The highest BCUT2D eigenvalue weighted by Crippen LogP contribution is 2.13. The second-order valence-corrected chi connectivity index (χ2v) is 12.1. The summed E-state index contributed by atoms with van der Waals surface area (Å²) < 4.78 is 7.16. The first kappa shape index (κ1) is 17.8. The number of carbonyl (C=O) groups is 1. The van der Waals surface area contributed by atoms with Crippen molar-refractivity contribution in [1.29, 1.82) is 0 Å². The van der Waals surface area contributed by atoms with E-state index in [2.05, 4.69) is 35.2 Å². The average Bonchev–Trinajstić information content (AvgIpc) is 2.80. The molecule has 0 fully saturated rings. The zero-order chi connectivity index (χ0) is 15.9. The van der Waals surface area contributed by atoms with Gasteiger partial charge in [0.25, 0.3) is 0 Å². The highest BCUT2D eigenvalue weighted by atomic mass is 28.3. The third-order valence-corrected chi connectivity index (χ3v) is 4.94. The maximum absolute atomic E-state index is 11.2. The Kier molecular flexibility index (Phi) is 6.96. The van der Waals surface area contributed by atoms with Crippen molar-refractivity contribution in [3.05, 3.63) is 5.82 Å². The molecule has 1 unspecified atom stereocenters. The Morgan fingerprint density at radius 1 is 1.43 bits per heavy atom. The Labute approximate surface area is 126 Å². The van der Waals surface area contributed by atoms with Crippen molar-refractivity contribution in [1.82, 2.24) is 20.2 Å². The summed E-state index contributed by atoms with van der Waals surface area (Å²) in [5.41, 5.74) is 0. The molecule has 0 bridgehead atoms. The molecule has 1 N–H and O–H groups in total. The summed E-state index contributed by atoms with van der Waals surface area (Å²) in [4.78, 5) is 11.2. The molecule has 0 aromatic carbocycles. The minimum absolute atomic E-state index is 0.283. The van der Waals surface area contributed by atoms with Crippen molar-refractivity contribution in [2.45, 2.75) is 58.6 Å². The van der Waals surface area contributed by atoms with Gasteiger partial charge in [-0.15, -0.1) is 5.10 Å². The van der Waals surface area contributed by atoms with Crippen LogP contribution in [0.15, 0.2) is 0 Å². The Hall–Kier alpha value is -1.28. The molecule has 1 aromatic heterocycles. The summed E-state index contributed by atoms with van der Waals surface area (Å²) in [6.07, 6.45) is 1.79. The molecule has 0 spiro atoms. The van der Waals surface area contributed by atoms with Crippen molar-refractivity contribution in [3.8, 4) is 0 Å². The van der Waals surface area contributed by atoms with E-state index in [1.54, 1.807) is 4.68 Å². The van der Waals surface area contributed by atoms with E-state index in [0.717, 1.165) is 12.5 Å². The number of aliphatic carboxylic acids is 1. The van der Waals surface area contributed by atoms with Gasteiger partial charge in [0.05, 0.1) is 5.92 Å². The molecule has 0 radical (unpaired) electrons. The number of tetrazole rings is 1. The predicted molar refractivity (Wildman–Crippen MR) is 81.7 cm³/mol. The summed E-state index contributed by atoms with van der Waals surface area (Å²) in [5.74, 6) is -0.670. The number of ether oxygens (including phenoxy) is 1. The Bertz CT molecular complexity index is 445. The normalized spacial score (nSPS) is 13.3. The van der Waals surface area contributed by atoms with Crippen molar-refractivity contribution >= 4 is 14.0 Å². The first-order valence-electron chi connectivity index (χ1n) is 7.39. The van der Waals surface area contributed by atoms with E-state index in [-0.39, 0.29) is 6.73 Å². The van der Waals surface area contributed by atoms with Crippen LogP contribution in [-0.4, -0.2) is 46.0 Å². The third-order valence-electron chi connectivity index (χ3n) is 3.23. The minimum atomic E-state index is -1.11. The molecule has 0 aliphatic carbocycles. The number of carboxylic acid groups (broad SMARTS) is 1. The molecule has 0 aliphatic rings. The molecule has 21 heavy (non-hydrogen) atoms. The van der Waals surface area contributed by atoms with Crippen LogP contribution in [0.4, 0.5) is 0 Å². The molecule has 8 heteroatoms. The van der Waals surface area contributed by atoms with Crippen LogP contribution in [0.5, 0.6) is 0 Å².